The summed E-state index contributed by atoms with van der Waals surface area (Å²) in [7, 11) is 1.78. The predicted octanol–water partition coefficient (Wildman–Crippen LogP) is 3.45. The Bertz CT molecular complexity index is 417. The number of allylic oxidation sites excluding steroid dienone is 2. The Hall–Kier alpha value is -1.24. The first-order valence-electron chi connectivity index (χ1n) is 5.75. The Morgan fingerprint density at radius 3 is 3.13 bits per heavy atom. The van der Waals surface area contributed by atoms with Gasteiger partial charge in [0.15, 0.2) is 0 Å². The third-order valence-electron chi connectivity index (χ3n) is 3.67. The van der Waals surface area contributed by atoms with Gasteiger partial charge in [0.25, 0.3) is 0 Å². The molecule has 0 fully saturated rings. The van der Waals surface area contributed by atoms with Gasteiger partial charge in [0, 0.05) is 11.5 Å². The number of hydrogen-bond acceptors (Lipinski definition) is 1. The SMILES string of the molecule is COc1cccc2c1C1CCCC=C1C2. The minimum atomic E-state index is 0.657. The molecular formula is C14H16O. The number of hydrogen-bond donors (Lipinski definition) is 0. The molecule has 2 aliphatic rings. The van der Waals surface area contributed by atoms with Crippen LogP contribution in [0.2, 0.25) is 0 Å². The normalized spacial score (nSPS) is 23.0. The number of ether oxygens (including phenoxy) is 1. The molecule has 2 aliphatic carbocycles. The maximum atomic E-state index is 5.48. The quantitative estimate of drug-likeness (QED) is 0.631. The van der Waals surface area contributed by atoms with Gasteiger partial charge in [0.2, 0.25) is 0 Å². The molecule has 1 nitrogen and oxygen atoms in total. The molecule has 1 heteroatoms. The molecule has 0 bridgehead atoms. The smallest absolute Gasteiger partial charge is 0.122 e. The second kappa shape index (κ2) is 3.41. The molecule has 1 atom stereocenters. The van der Waals surface area contributed by atoms with E-state index in [-0.39, 0.29) is 0 Å². The van der Waals surface area contributed by atoms with Gasteiger partial charge in [0.1, 0.15) is 5.75 Å². The number of rotatable bonds is 1. The lowest BCUT2D eigenvalue weighted by molar-refractivity contribution is 0.406. The highest BCUT2D eigenvalue weighted by Gasteiger charge is 2.30. The summed E-state index contributed by atoms with van der Waals surface area (Å²) in [5, 5.41) is 0. The summed E-state index contributed by atoms with van der Waals surface area (Å²) < 4.78 is 5.48. The van der Waals surface area contributed by atoms with Crippen LogP contribution in [0.15, 0.2) is 29.8 Å². The van der Waals surface area contributed by atoms with Crippen LogP contribution >= 0.6 is 0 Å². The van der Waals surface area contributed by atoms with Gasteiger partial charge < -0.3 is 4.74 Å². The second-order valence-electron chi connectivity index (χ2n) is 4.47. The zero-order valence-corrected chi connectivity index (χ0v) is 9.12. The van der Waals surface area contributed by atoms with Crippen LogP contribution in [0.3, 0.4) is 0 Å². The summed E-state index contributed by atoms with van der Waals surface area (Å²) in [6, 6.07) is 6.45. The van der Waals surface area contributed by atoms with E-state index in [4.69, 9.17) is 4.74 Å². The Balaban J connectivity index is 2.13. The lowest BCUT2D eigenvalue weighted by atomic mass is 9.87. The Kier molecular flexibility index (Phi) is 2.05. The Morgan fingerprint density at radius 1 is 1.33 bits per heavy atom. The monoisotopic (exact) mass is 200 g/mol. The van der Waals surface area contributed by atoms with E-state index >= 15 is 0 Å². The minimum absolute atomic E-state index is 0.657. The minimum Gasteiger partial charge on any atom is -0.496 e. The molecule has 0 saturated heterocycles. The molecule has 0 saturated carbocycles. The zero-order chi connectivity index (χ0) is 10.3. The molecule has 0 aromatic heterocycles. The van der Waals surface area contributed by atoms with Gasteiger partial charge in [-0.25, -0.2) is 0 Å². The van der Waals surface area contributed by atoms with E-state index in [0.29, 0.717) is 5.92 Å². The van der Waals surface area contributed by atoms with Crippen molar-refractivity contribution in [3.8, 4) is 5.75 Å². The average Bonchev–Trinajstić information content (AvgIpc) is 2.67. The van der Waals surface area contributed by atoms with Crippen molar-refractivity contribution in [1.82, 2.24) is 0 Å². The largest absolute Gasteiger partial charge is 0.496 e. The number of fused-ring (bicyclic) bond motifs is 3. The average molecular weight is 200 g/mol. The van der Waals surface area contributed by atoms with Crippen LogP contribution in [0.4, 0.5) is 0 Å². The van der Waals surface area contributed by atoms with Crippen molar-refractivity contribution in [3.05, 3.63) is 41.0 Å². The fourth-order valence-electron chi connectivity index (χ4n) is 3.00. The highest BCUT2D eigenvalue weighted by atomic mass is 16.5. The summed E-state index contributed by atoms with van der Waals surface area (Å²) >= 11 is 0. The third-order valence-corrected chi connectivity index (χ3v) is 3.67. The van der Waals surface area contributed by atoms with Crippen LogP contribution in [0.5, 0.6) is 5.75 Å². The lowest BCUT2D eigenvalue weighted by Crippen LogP contribution is -2.02. The van der Waals surface area contributed by atoms with Gasteiger partial charge in [-0.2, -0.15) is 0 Å². The van der Waals surface area contributed by atoms with E-state index < -0.39 is 0 Å². The molecule has 78 valence electrons. The van der Waals surface area contributed by atoms with Gasteiger partial charge in [-0.15, -0.1) is 0 Å². The number of methoxy groups -OCH3 is 1. The van der Waals surface area contributed by atoms with E-state index in [0.717, 1.165) is 12.2 Å². The number of benzene rings is 1. The standard InChI is InChI=1S/C14H16O/c1-15-13-8-4-6-11-9-10-5-2-3-7-12(10)14(11)13/h4-6,8,12H,2-3,7,9H2,1H3. The second-order valence-corrected chi connectivity index (χ2v) is 4.47. The molecule has 0 heterocycles. The van der Waals surface area contributed by atoms with Gasteiger partial charge in [-0.3, -0.25) is 0 Å². The first kappa shape index (κ1) is 9.02. The molecule has 0 amide bonds. The van der Waals surface area contributed by atoms with Crippen molar-refractivity contribution in [2.24, 2.45) is 0 Å². The van der Waals surface area contributed by atoms with Crippen LogP contribution < -0.4 is 4.74 Å². The van der Waals surface area contributed by atoms with Crippen molar-refractivity contribution in [2.45, 2.75) is 31.6 Å². The van der Waals surface area contributed by atoms with Crippen LogP contribution in [-0.2, 0) is 6.42 Å². The van der Waals surface area contributed by atoms with Crippen molar-refractivity contribution in [1.29, 1.82) is 0 Å². The fourth-order valence-corrected chi connectivity index (χ4v) is 3.00. The van der Waals surface area contributed by atoms with E-state index in [1.807, 2.05) is 0 Å². The Labute approximate surface area is 90.8 Å². The summed E-state index contributed by atoms with van der Waals surface area (Å²) in [5.74, 6) is 1.74. The maximum Gasteiger partial charge on any atom is 0.122 e. The Morgan fingerprint density at radius 2 is 2.27 bits per heavy atom. The molecular weight excluding hydrogens is 184 g/mol. The van der Waals surface area contributed by atoms with E-state index in [2.05, 4.69) is 24.3 Å². The molecule has 1 unspecified atom stereocenters. The predicted molar refractivity (Wildman–Crippen MR) is 61.4 cm³/mol. The van der Waals surface area contributed by atoms with Gasteiger partial charge in [-0.1, -0.05) is 23.8 Å². The molecule has 1 aromatic rings. The van der Waals surface area contributed by atoms with Gasteiger partial charge in [0.05, 0.1) is 7.11 Å². The first-order valence-corrected chi connectivity index (χ1v) is 5.75. The molecule has 3 rings (SSSR count). The fraction of sp³-hybridized carbons (Fsp3) is 0.429. The summed E-state index contributed by atoms with van der Waals surface area (Å²) in [5.41, 5.74) is 4.57. The molecule has 0 spiro atoms. The molecule has 1 aromatic carbocycles. The van der Waals surface area contributed by atoms with Crippen LogP contribution in [-0.4, -0.2) is 7.11 Å². The maximum absolute atomic E-state index is 5.48. The molecule has 15 heavy (non-hydrogen) atoms. The van der Waals surface area contributed by atoms with Crippen LogP contribution in [0, 0.1) is 0 Å². The summed E-state index contributed by atoms with van der Waals surface area (Å²) in [4.78, 5) is 0. The highest BCUT2D eigenvalue weighted by molar-refractivity contribution is 5.53. The van der Waals surface area contributed by atoms with E-state index in [1.54, 1.807) is 12.7 Å². The van der Waals surface area contributed by atoms with Crippen molar-refractivity contribution in [2.75, 3.05) is 7.11 Å². The van der Waals surface area contributed by atoms with Crippen LogP contribution in [0.1, 0.15) is 36.3 Å². The van der Waals surface area contributed by atoms with Crippen molar-refractivity contribution in [3.63, 3.8) is 0 Å². The lowest BCUT2D eigenvalue weighted by Gasteiger charge is -2.19. The first-order chi connectivity index (χ1) is 7.40. The molecule has 0 N–H and O–H groups in total. The topological polar surface area (TPSA) is 9.23 Å². The molecule has 0 aliphatic heterocycles. The van der Waals surface area contributed by atoms with E-state index in [9.17, 15) is 0 Å². The zero-order valence-electron chi connectivity index (χ0n) is 9.12. The van der Waals surface area contributed by atoms with Crippen LogP contribution in [0.25, 0.3) is 0 Å². The highest BCUT2D eigenvalue weighted by Crippen LogP contribution is 2.47. The molecule has 0 radical (unpaired) electrons. The summed E-state index contributed by atoms with van der Waals surface area (Å²) in [6.45, 7) is 0. The van der Waals surface area contributed by atoms with Gasteiger partial charge in [-0.05, 0) is 37.3 Å². The van der Waals surface area contributed by atoms with Crippen molar-refractivity contribution >= 4 is 0 Å². The van der Waals surface area contributed by atoms with Crippen molar-refractivity contribution < 1.29 is 4.74 Å². The van der Waals surface area contributed by atoms with Gasteiger partial charge >= 0.3 is 0 Å². The third kappa shape index (κ3) is 1.30. The van der Waals surface area contributed by atoms with E-state index in [1.165, 1.54) is 30.4 Å². The summed E-state index contributed by atoms with van der Waals surface area (Å²) in [6.07, 6.45) is 7.48.